The van der Waals surface area contributed by atoms with Crippen LogP contribution in [0.3, 0.4) is 0 Å². The number of hydrogen-bond donors (Lipinski definition) is 2. The molecule has 1 rings (SSSR count). The van der Waals surface area contributed by atoms with E-state index in [0.29, 0.717) is 4.90 Å². The van der Waals surface area contributed by atoms with Crippen LogP contribution in [0, 0.1) is 0 Å². The van der Waals surface area contributed by atoms with Crippen LogP contribution in [0.1, 0.15) is 13.3 Å². The van der Waals surface area contributed by atoms with E-state index in [2.05, 4.69) is 0 Å². The first-order chi connectivity index (χ1) is 7.34. The van der Waals surface area contributed by atoms with Crippen LogP contribution in [0.2, 0.25) is 0 Å². The summed E-state index contributed by atoms with van der Waals surface area (Å²) in [5, 5.41) is 1.66. The Balaban J connectivity index is 2.86. The van der Waals surface area contributed by atoms with Crippen molar-refractivity contribution in [3.8, 4) is 0 Å². The van der Waals surface area contributed by atoms with Crippen molar-refractivity contribution in [2.75, 3.05) is 0 Å². The summed E-state index contributed by atoms with van der Waals surface area (Å²) in [6.45, 7) is 1.35. The molecule has 88 valence electrons. The van der Waals surface area contributed by atoms with Gasteiger partial charge in [0.25, 0.3) is 18.0 Å². The highest BCUT2D eigenvalue weighted by molar-refractivity contribution is 6.18. The van der Waals surface area contributed by atoms with Gasteiger partial charge in [0.2, 0.25) is 5.91 Å². The van der Waals surface area contributed by atoms with E-state index in [4.69, 9.17) is 5.73 Å². The third kappa shape index (κ3) is 2.15. The van der Waals surface area contributed by atoms with E-state index in [1.807, 2.05) is 0 Å². The molecule has 16 heavy (non-hydrogen) atoms. The van der Waals surface area contributed by atoms with Crippen molar-refractivity contribution in [2.45, 2.75) is 25.6 Å². The first kappa shape index (κ1) is 12.1. The Bertz CT molecular complexity index is 370. The fourth-order valence-corrected chi connectivity index (χ4v) is 1.36. The largest absolute Gasteiger partial charge is 0.370 e. The van der Waals surface area contributed by atoms with Crippen molar-refractivity contribution in [1.29, 1.82) is 0 Å². The Morgan fingerprint density at radius 2 is 2.12 bits per heavy atom. The normalized spacial score (nSPS) is 23.0. The average Bonchev–Trinajstić information content (AvgIpc) is 2.13. The molecule has 0 saturated carbocycles. The van der Waals surface area contributed by atoms with Gasteiger partial charge in [-0.3, -0.25) is 24.6 Å². The predicted molar refractivity (Wildman–Crippen MR) is 48.6 cm³/mol. The van der Waals surface area contributed by atoms with Gasteiger partial charge in [-0.15, -0.1) is 0 Å². The monoisotopic (exact) mass is 231 g/mol. The van der Waals surface area contributed by atoms with Crippen molar-refractivity contribution in [3.05, 3.63) is 0 Å². The zero-order valence-electron chi connectivity index (χ0n) is 8.40. The highest BCUT2D eigenvalue weighted by atomic mass is 19.1. The first-order valence-electron chi connectivity index (χ1n) is 4.45. The second-order valence-corrected chi connectivity index (χ2v) is 3.38. The Morgan fingerprint density at radius 3 is 2.62 bits per heavy atom. The van der Waals surface area contributed by atoms with Crippen LogP contribution < -0.4 is 11.1 Å². The van der Waals surface area contributed by atoms with Crippen LogP contribution in [0.5, 0.6) is 0 Å². The van der Waals surface area contributed by atoms with Crippen molar-refractivity contribution in [3.63, 3.8) is 0 Å². The van der Waals surface area contributed by atoms with Crippen LogP contribution >= 0.6 is 0 Å². The molecule has 7 nitrogen and oxygen atoms in total. The summed E-state index contributed by atoms with van der Waals surface area (Å²) in [7, 11) is 0. The molecule has 2 unspecified atom stereocenters. The number of rotatable bonds is 3. The maximum atomic E-state index is 13.0. The van der Waals surface area contributed by atoms with Crippen molar-refractivity contribution >= 4 is 23.8 Å². The number of hydrogen-bond acceptors (Lipinski definition) is 4. The molecular formula is C8H10FN3O4. The number of nitrogens with zero attached hydrogens (tertiary/aromatic N) is 1. The number of alkyl halides is 1. The van der Waals surface area contributed by atoms with Gasteiger partial charge < -0.3 is 5.73 Å². The molecule has 0 aromatic carbocycles. The van der Waals surface area contributed by atoms with E-state index >= 15 is 0 Å². The van der Waals surface area contributed by atoms with Crippen molar-refractivity contribution < 1.29 is 23.6 Å². The van der Waals surface area contributed by atoms with E-state index in [1.54, 1.807) is 5.32 Å². The number of nitrogens with one attached hydrogen (secondary N) is 1. The van der Waals surface area contributed by atoms with Crippen LogP contribution in [0.25, 0.3) is 0 Å². The topological polar surface area (TPSA) is 110 Å². The molecule has 0 aliphatic carbocycles. The summed E-state index contributed by atoms with van der Waals surface area (Å²) in [6.07, 6.45) is -2.71. The predicted octanol–water partition coefficient (Wildman–Crippen LogP) is -1.33. The Hall–Kier alpha value is -1.99. The summed E-state index contributed by atoms with van der Waals surface area (Å²) in [6, 6.07) is -1.94. The van der Waals surface area contributed by atoms with Gasteiger partial charge in [0.1, 0.15) is 0 Å². The van der Waals surface area contributed by atoms with E-state index in [1.165, 1.54) is 6.92 Å². The summed E-state index contributed by atoms with van der Waals surface area (Å²) < 4.78 is 13.0. The minimum absolute atomic E-state index is 0.292. The first-order valence-corrected chi connectivity index (χ1v) is 4.45. The van der Waals surface area contributed by atoms with Crippen LogP contribution in [-0.2, 0) is 14.4 Å². The number of nitrogens with two attached hydrogens (primary N) is 1. The third-order valence-electron chi connectivity index (χ3n) is 2.07. The molecule has 5 amide bonds. The number of urea groups is 1. The number of halogens is 1. The maximum absolute atomic E-state index is 13.0. The maximum Gasteiger partial charge on any atom is 0.331 e. The van der Waals surface area contributed by atoms with E-state index in [9.17, 15) is 23.6 Å². The molecule has 1 aliphatic heterocycles. The highest BCUT2D eigenvalue weighted by Crippen LogP contribution is 2.12. The molecule has 0 bridgehead atoms. The van der Waals surface area contributed by atoms with Gasteiger partial charge in [-0.2, -0.15) is 0 Å². The van der Waals surface area contributed by atoms with Gasteiger partial charge in [0.15, 0.2) is 0 Å². The second-order valence-electron chi connectivity index (χ2n) is 3.38. The lowest BCUT2D eigenvalue weighted by molar-refractivity contribution is -0.145. The molecule has 0 radical (unpaired) electrons. The lowest BCUT2D eigenvalue weighted by atomic mass is 10.1. The number of amides is 5. The zero-order chi connectivity index (χ0) is 12.5. The van der Waals surface area contributed by atoms with E-state index in [0.717, 1.165) is 0 Å². The number of carbonyl (C=O) groups is 4. The minimum atomic E-state index is -2.42. The van der Waals surface area contributed by atoms with Gasteiger partial charge in [-0.25, -0.2) is 9.18 Å². The standard InChI is InChI=1S/C8H10FN3O4/c1-3(2-4(10)13)12-7(15)5(9)6(14)11-8(12)16/h3,5H,2H2,1H3,(H2,10,13)(H,11,14,16). The van der Waals surface area contributed by atoms with E-state index < -0.39 is 36.0 Å². The number of imide groups is 2. The van der Waals surface area contributed by atoms with Gasteiger partial charge >= 0.3 is 6.03 Å². The molecule has 3 N–H and O–H groups in total. The second kappa shape index (κ2) is 4.25. The van der Waals surface area contributed by atoms with Crippen LogP contribution in [0.4, 0.5) is 9.18 Å². The third-order valence-corrected chi connectivity index (χ3v) is 2.07. The summed E-state index contributed by atoms with van der Waals surface area (Å²) in [4.78, 5) is 44.4. The fraction of sp³-hybridized carbons (Fsp3) is 0.500. The fourth-order valence-electron chi connectivity index (χ4n) is 1.36. The van der Waals surface area contributed by atoms with Crippen LogP contribution in [0.15, 0.2) is 0 Å². The van der Waals surface area contributed by atoms with E-state index in [-0.39, 0.29) is 6.42 Å². The SMILES string of the molecule is CC(CC(N)=O)N1C(=O)NC(=O)C(F)C1=O. The summed E-state index contributed by atoms with van der Waals surface area (Å²) in [5.41, 5.74) is 4.88. The lowest BCUT2D eigenvalue weighted by Gasteiger charge is -2.30. The molecule has 1 heterocycles. The lowest BCUT2D eigenvalue weighted by Crippen LogP contribution is -2.61. The Kier molecular flexibility index (Phi) is 3.21. The van der Waals surface area contributed by atoms with Crippen molar-refractivity contribution in [1.82, 2.24) is 10.2 Å². The zero-order valence-corrected chi connectivity index (χ0v) is 8.40. The summed E-state index contributed by atoms with van der Waals surface area (Å²) >= 11 is 0. The van der Waals surface area contributed by atoms with Crippen molar-refractivity contribution in [2.24, 2.45) is 5.73 Å². The molecule has 1 fully saturated rings. The van der Waals surface area contributed by atoms with Gasteiger partial charge in [-0.05, 0) is 6.92 Å². The minimum Gasteiger partial charge on any atom is -0.370 e. The molecule has 2 atom stereocenters. The number of primary amides is 1. The Labute approximate surface area is 89.7 Å². The molecular weight excluding hydrogens is 221 g/mol. The number of barbiturate groups is 1. The number of carbonyl (C=O) groups excluding carboxylic acids is 4. The highest BCUT2D eigenvalue weighted by Gasteiger charge is 2.42. The Morgan fingerprint density at radius 1 is 1.56 bits per heavy atom. The molecule has 0 aromatic rings. The van der Waals surface area contributed by atoms with Gasteiger partial charge in [0, 0.05) is 12.5 Å². The van der Waals surface area contributed by atoms with Gasteiger partial charge in [0.05, 0.1) is 0 Å². The molecule has 0 spiro atoms. The smallest absolute Gasteiger partial charge is 0.331 e. The summed E-state index contributed by atoms with van der Waals surface area (Å²) in [5.74, 6) is -3.31. The average molecular weight is 231 g/mol. The molecule has 1 saturated heterocycles. The quantitative estimate of drug-likeness (QED) is 0.586. The molecule has 1 aliphatic rings. The van der Waals surface area contributed by atoms with Gasteiger partial charge in [-0.1, -0.05) is 0 Å². The molecule has 8 heteroatoms. The van der Waals surface area contributed by atoms with Crippen LogP contribution in [-0.4, -0.2) is 40.9 Å². The molecule has 0 aromatic heterocycles.